The first kappa shape index (κ1) is 80.0. The number of aliphatic carboxylic acids is 6. The monoisotopic (exact) mass is 1140 g/mol. The summed E-state index contributed by atoms with van der Waals surface area (Å²) < 4.78 is 0. The minimum atomic E-state index is -1.25. The van der Waals surface area contributed by atoms with Gasteiger partial charge in [0.25, 0.3) is 0 Å². The van der Waals surface area contributed by atoms with Gasteiger partial charge in [0, 0.05) is 75.5 Å². The van der Waals surface area contributed by atoms with E-state index in [1.54, 1.807) is 0 Å². The largest absolute Gasteiger partial charge is 6.00 e. The van der Waals surface area contributed by atoms with Crippen molar-refractivity contribution in [2.75, 3.05) is 39.3 Å². The summed E-state index contributed by atoms with van der Waals surface area (Å²) in [4.78, 5) is 60.6. The number of carboxylic acids is 6. The standard InChI is InChI=1S/6C6H14N4O2.Mo/c6*7-4(5(11)12)2-1-3-10-6(8)9;/h6*4H,1-3,7H2,(H,11,12)(H4,8,9,10);/q;;;;;;+6/p-6/t6*4-;/m000000./s1. The van der Waals surface area contributed by atoms with E-state index >= 15 is 0 Å². The Bertz CT molecular complexity index is 1330. The van der Waals surface area contributed by atoms with Gasteiger partial charge in [0.05, 0.1) is 35.8 Å². The Kier molecular flexibility index (Phi) is 57.8. The van der Waals surface area contributed by atoms with Crippen LogP contribution in [0.15, 0.2) is 0 Å². The zero-order valence-electron chi connectivity index (χ0n) is 40.4. The molecule has 0 aromatic heterocycles. The summed E-state index contributed by atoms with van der Waals surface area (Å²) in [7, 11) is 0. The third kappa shape index (κ3) is 74.0. The van der Waals surface area contributed by atoms with E-state index in [0.29, 0.717) is 116 Å². The molecule has 0 aromatic rings. The molecule has 0 amide bonds. The summed E-state index contributed by atoms with van der Waals surface area (Å²) >= 11 is 0. The van der Waals surface area contributed by atoms with Crippen molar-refractivity contribution >= 4 is 71.6 Å². The first-order chi connectivity index (χ1) is 33.2. The van der Waals surface area contributed by atoms with Crippen molar-refractivity contribution in [1.82, 2.24) is 31.9 Å². The molecule has 0 saturated carbocycles. The van der Waals surface area contributed by atoms with E-state index in [9.17, 15) is 59.4 Å². The summed E-state index contributed by atoms with van der Waals surface area (Å²) in [5.41, 5.74) is 60.8. The molecular formula is C36H78MoN24O12. The summed E-state index contributed by atoms with van der Waals surface area (Å²) in [6, 6.07) is -5.59. The number of carbonyl (C=O) groups is 6. The second-order valence-electron chi connectivity index (χ2n) is 14.4. The van der Waals surface area contributed by atoms with E-state index in [-0.39, 0.29) is 56.8 Å². The second kappa shape index (κ2) is 52.7. The molecule has 0 saturated heterocycles. The average Bonchev–Trinajstić information content (AvgIpc) is 3.27. The van der Waals surface area contributed by atoms with Gasteiger partial charge in [-0.25, -0.2) is 0 Å². The Morgan fingerprint density at radius 1 is 0.288 bits per heavy atom. The van der Waals surface area contributed by atoms with Gasteiger partial charge < -0.3 is 160 Å². The molecule has 0 aromatic carbocycles. The molecule has 6 atom stereocenters. The van der Waals surface area contributed by atoms with Crippen LogP contribution in [0.2, 0.25) is 0 Å². The van der Waals surface area contributed by atoms with Gasteiger partial charge in [-0.3, -0.25) is 32.5 Å². The molecule has 0 fully saturated rings. The molecule has 36 nitrogen and oxygen atoms in total. The van der Waals surface area contributed by atoms with Crippen LogP contribution in [-0.4, -0.2) is 147 Å². The maximum Gasteiger partial charge on any atom is 6.00 e. The van der Waals surface area contributed by atoms with E-state index in [1.807, 2.05) is 0 Å². The molecule has 0 bridgehead atoms. The van der Waals surface area contributed by atoms with Crippen LogP contribution >= 0.6 is 0 Å². The quantitative estimate of drug-likeness (QED) is 0.0137. The van der Waals surface area contributed by atoms with Gasteiger partial charge in [0.1, 0.15) is 0 Å². The summed E-state index contributed by atoms with van der Waals surface area (Å²) in [6.45, 7) is 2.73. The Morgan fingerprint density at radius 3 is 0.452 bits per heavy atom. The minimum absolute atomic E-state index is 0. The Labute approximate surface area is 436 Å². The van der Waals surface area contributed by atoms with E-state index in [4.69, 9.17) is 101 Å². The zero-order valence-corrected chi connectivity index (χ0v) is 42.4. The Hall–Kier alpha value is -7.11. The molecule has 0 aliphatic carbocycles. The Morgan fingerprint density at radius 2 is 0.384 bits per heavy atom. The van der Waals surface area contributed by atoms with Gasteiger partial charge in [-0.2, -0.15) is 0 Å². The molecule has 420 valence electrons. The van der Waals surface area contributed by atoms with E-state index in [0.717, 1.165) is 0 Å². The zero-order chi connectivity index (χ0) is 57.4. The number of nitrogens with one attached hydrogen (secondary N) is 12. The maximum atomic E-state index is 10.1. The molecular weight excluding hydrogens is 1060 g/mol. The number of hydrogen-bond donors (Lipinski definition) is 24. The first-order valence-electron chi connectivity index (χ1n) is 21.5. The molecule has 0 rings (SSSR count). The molecule has 0 unspecified atom stereocenters. The number of hydrogen-bond acceptors (Lipinski definition) is 24. The molecule has 0 heterocycles. The Balaban J connectivity index is -0.000000143. The van der Waals surface area contributed by atoms with Crippen LogP contribution < -0.4 is 131 Å². The fourth-order valence-corrected chi connectivity index (χ4v) is 3.98. The molecule has 36 N–H and O–H groups in total. The van der Waals surface area contributed by atoms with E-state index in [2.05, 4.69) is 31.9 Å². The number of nitrogens with two attached hydrogens (primary N) is 12. The van der Waals surface area contributed by atoms with E-state index < -0.39 is 72.1 Å². The second-order valence-corrected chi connectivity index (χ2v) is 14.4. The van der Waals surface area contributed by atoms with Crippen molar-refractivity contribution in [3.05, 3.63) is 0 Å². The molecule has 0 spiro atoms. The normalized spacial score (nSPS) is 11.9. The topological polar surface area (TPSA) is 768 Å². The van der Waals surface area contributed by atoms with Crippen molar-refractivity contribution in [1.29, 1.82) is 32.5 Å². The predicted octanol–water partition coefficient (Wildman–Crippen LogP) is -16.0. The van der Waals surface area contributed by atoms with Crippen LogP contribution in [0.5, 0.6) is 0 Å². The fraction of sp³-hybridized carbons (Fsp3) is 0.667. The van der Waals surface area contributed by atoms with E-state index in [1.165, 1.54) is 0 Å². The maximum absolute atomic E-state index is 10.1. The number of rotatable bonds is 30. The molecule has 0 aliphatic heterocycles. The van der Waals surface area contributed by atoms with Gasteiger partial charge in [0.2, 0.25) is 0 Å². The van der Waals surface area contributed by atoms with Gasteiger partial charge in [-0.15, -0.1) is 0 Å². The van der Waals surface area contributed by atoms with Gasteiger partial charge >= 0.3 is 21.1 Å². The molecule has 37 heteroatoms. The van der Waals surface area contributed by atoms with Crippen molar-refractivity contribution in [2.45, 2.75) is 113 Å². The van der Waals surface area contributed by atoms with Crippen LogP contribution in [0.25, 0.3) is 0 Å². The van der Waals surface area contributed by atoms with Crippen LogP contribution in [-0.2, 0) is 49.8 Å². The van der Waals surface area contributed by atoms with Crippen molar-refractivity contribution < 1.29 is 80.5 Å². The number of carboxylic acid groups (broad SMARTS) is 6. The SMILES string of the molecule is N=C(N)NCCC[C@H](N)C(=O)[O-].N=C(N)NCCC[C@H](N)C(=O)[O-].N=C(N)NCCC[C@H](N)C(=O)[O-].N=C(N)NCCC[C@H](N)C(=O)[O-].N=C(N)NCCC[C@H](N)C(=O)[O-].N=C(N)NCCC[C@H](N)C(=O)[O-].[Mo+6]. The van der Waals surface area contributed by atoms with Crippen LogP contribution in [0, 0.1) is 32.5 Å². The summed E-state index contributed by atoms with van der Waals surface area (Å²) in [5.74, 6) is -8.28. The minimum Gasteiger partial charge on any atom is -0.548 e. The molecule has 73 heavy (non-hydrogen) atoms. The van der Waals surface area contributed by atoms with Crippen LogP contribution in [0.3, 0.4) is 0 Å². The molecule has 0 radical (unpaired) electrons. The van der Waals surface area contributed by atoms with Crippen LogP contribution in [0.4, 0.5) is 0 Å². The third-order valence-electron chi connectivity index (χ3n) is 7.86. The van der Waals surface area contributed by atoms with Crippen molar-refractivity contribution in [3.8, 4) is 0 Å². The molecule has 0 aliphatic rings. The summed E-state index contributed by atoms with van der Waals surface area (Å²) in [6.07, 6.45) is 5.23. The average molecular weight is 1140 g/mol. The van der Waals surface area contributed by atoms with Crippen molar-refractivity contribution in [3.63, 3.8) is 0 Å². The van der Waals surface area contributed by atoms with Gasteiger partial charge in [0.15, 0.2) is 35.8 Å². The van der Waals surface area contributed by atoms with Crippen molar-refractivity contribution in [2.24, 2.45) is 68.8 Å². The fourth-order valence-electron chi connectivity index (χ4n) is 3.98. The third-order valence-corrected chi connectivity index (χ3v) is 7.86. The smallest absolute Gasteiger partial charge is 0.548 e. The summed E-state index contributed by atoms with van der Waals surface area (Å²) in [5, 5.41) is 116. The van der Waals surface area contributed by atoms with Gasteiger partial charge in [-0.1, -0.05) is 0 Å². The predicted molar refractivity (Wildman–Crippen MR) is 253 cm³/mol. The number of carbonyl (C=O) groups excluding carboxylic acids is 6. The number of guanidine groups is 6. The van der Waals surface area contributed by atoms with Gasteiger partial charge in [-0.05, 0) is 77.0 Å². The van der Waals surface area contributed by atoms with Crippen LogP contribution in [0.1, 0.15) is 77.0 Å². The first-order valence-corrected chi connectivity index (χ1v) is 21.5.